The average Bonchev–Trinajstić information content (AvgIpc) is 3.33. The highest BCUT2D eigenvalue weighted by molar-refractivity contribution is 6.04. The van der Waals surface area contributed by atoms with Gasteiger partial charge in [-0.25, -0.2) is 4.98 Å². The maximum atomic E-state index is 13.1. The van der Waals surface area contributed by atoms with Gasteiger partial charge in [0.1, 0.15) is 17.8 Å². The highest BCUT2D eigenvalue weighted by Gasteiger charge is 2.48. The molecule has 0 saturated heterocycles. The van der Waals surface area contributed by atoms with Gasteiger partial charge in [0, 0.05) is 18.7 Å². The van der Waals surface area contributed by atoms with Gasteiger partial charge in [-0.1, -0.05) is 20.8 Å². The zero-order valence-corrected chi connectivity index (χ0v) is 19.1. The molecule has 0 bridgehead atoms. The van der Waals surface area contributed by atoms with Crippen LogP contribution in [-0.2, 0) is 17.9 Å². The molecule has 1 N–H and O–H groups in total. The van der Waals surface area contributed by atoms with Gasteiger partial charge in [-0.05, 0) is 36.5 Å². The Morgan fingerprint density at radius 1 is 1.27 bits per heavy atom. The maximum Gasteiger partial charge on any atom is 0.274 e. The third-order valence-corrected chi connectivity index (χ3v) is 6.66. The standard InChI is InChI=1S/C24H26N6O3/c1-14-7-24(8-14,22-29-26-13-30(22)4)16-6-17(10-25-9-16)27-21(32)18-5-15(11-31)19-20(28-18)23(2,3)12-33-19/h5-6,9-11,13-14H,7-8,12H2,1-4H3,(H,27,32). The van der Waals surface area contributed by atoms with E-state index < -0.39 is 5.91 Å². The Hall–Kier alpha value is -3.62. The van der Waals surface area contributed by atoms with E-state index in [1.54, 1.807) is 12.5 Å². The van der Waals surface area contributed by atoms with Crippen molar-refractivity contribution in [2.45, 2.75) is 44.4 Å². The topological polar surface area (TPSA) is 112 Å². The molecule has 3 aromatic rings. The third-order valence-electron chi connectivity index (χ3n) is 6.66. The Kier molecular flexibility index (Phi) is 4.81. The SMILES string of the molecule is CC1CC(c2cncc(NC(=O)c3cc(C=O)c4c(n3)C(C)(C)CO4)c2)(c2nncn2C)C1. The minimum absolute atomic E-state index is 0.167. The van der Waals surface area contributed by atoms with E-state index in [0.717, 1.165) is 24.2 Å². The lowest BCUT2D eigenvalue weighted by Crippen LogP contribution is -2.43. The summed E-state index contributed by atoms with van der Waals surface area (Å²) in [5.41, 5.74) is 2.00. The predicted octanol–water partition coefficient (Wildman–Crippen LogP) is 3.06. The Morgan fingerprint density at radius 2 is 2.06 bits per heavy atom. The zero-order chi connectivity index (χ0) is 23.4. The number of pyridine rings is 2. The van der Waals surface area contributed by atoms with Crippen LogP contribution in [0.15, 0.2) is 30.9 Å². The first-order valence-corrected chi connectivity index (χ1v) is 11.0. The number of amides is 1. The molecule has 1 aliphatic carbocycles. The molecule has 1 aliphatic heterocycles. The monoisotopic (exact) mass is 446 g/mol. The number of aromatic nitrogens is 5. The molecule has 0 atom stereocenters. The van der Waals surface area contributed by atoms with E-state index in [-0.39, 0.29) is 16.5 Å². The summed E-state index contributed by atoms with van der Waals surface area (Å²) in [6, 6.07) is 3.40. The molecule has 0 spiro atoms. The molecule has 9 heteroatoms. The Balaban J connectivity index is 1.46. The number of hydrogen-bond acceptors (Lipinski definition) is 7. The maximum absolute atomic E-state index is 13.1. The lowest BCUT2D eigenvalue weighted by Gasteiger charge is -2.45. The fraction of sp³-hybridized carbons (Fsp3) is 0.417. The van der Waals surface area contributed by atoms with Gasteiger partial charge < -0.3 is 14.6 Å². The Bertz CT molecular complexity index is 1260. The van der Waals surface area contributed by atoms with Gasteiger partial charge in [0.05, 0.1) is 35.2 Å². The van der Waals surface area contributed by atoms with Crippen LogP contribution in [0.25, 0.3) is 0 Å². The summed E-state index contributed by atoms with van der Waals surface area (Å²) in [6.45, 7) is 6.57. The molecule has 0 aromatic carbocycles. The normalized spacial score (nSPS) is 22.7. The second-order valence-corrected chi connectivity index (χ2v) is 9.84. The van der Waals surface area contributed by atoms with Crippen molar-refractivity contribution in [1.82, 2.24) is 24.7 Å². The molecule has 1 amide bonds. The van der Waals surface area contributed by atoms with E-state index in [9.17, 15) is 9.59 Å². The van der Waals surface area contributed by atoms with Crippen molar-refractivity contribution in [3.8, 4) is 5.75 Å². The summed E-state index contributed by atoms with van der Waals surface area (Å²) < 4.78 is 7.61. The lowest BCUT2D eigenvalue weighted by atomic mass is 9.59. The molecule has 5 rings (SSSR count). The number of hydrogen-bond donors (Lipinski definition) is 1. The van der Waals surface area contributed by atoms with E-state index in [0.29, 0.717) is 41.5 Å². The van der Waals surface area contributed by atoms with Crippen LogP contribution in [0.3, 0.4) is 0 Å². The molecule has 9 nitrogen and oxygen atoms in total. The Morgan fingerprint density at radius 3 is 2.73 bits per heavy atom. The van der Waals surface area contributed by atoms with Gasteiger partial charge in [-0.15, -0.1) is 10.2 Å². The van der Waals surface area contributed by atoms with Gasteiger partial charge >= 0.3 is 0 Å². The molecule has 0 unspecified atom stereocenters. The minimum Gasteiger partial charge on any atom is -0.490 e. The fourth-order valence-corrected chi connectivity index (χ4v) is 5.05. The zero-order valence-electron chi connectivity index (χ0n) is 19.1. The second kappa shape index (κ2) is 7.47. The van der Waals surface area contributed by atoms with Crippen LogP contribution >= 0.6 is 0 Å². The number of rotatable bonds is 5. The number of ether oxygens (including phenoxy) is 1. The first kappa shape index (κ1) is 21.2. The quantitative estimate of drug-likeness (QED) is 0.600. The molecule has 3 aromatic heterocycles. The molecular weight excluding hydrogens is 420 g/mol. The smallest absolute Gasteiger partial charge is 0.274 e. The first-order chi connectivity index (χ1) is 15.7. The number of carbonyl (C=O) groups is 2. The summed E-state index contributed by atoms with van der Waals surface area (Å²) in [5, 5.41) is 11.3. The molecule has 2 aliphatic rings. The Labute approximate surface area is 191 Å². The summed E-state index contributed by atoms with van der Waals surface area (Å²) in [4.78, 5) is 33.6. The highest BCUT2D eigenvalue weighted by Crippen LogP contribution is 2.51. The average molecular weight is 447 g/mol. The van der Waals surface area contributed by atoms with Crippen LogP contribution in [0.5, 0.6) is 5.75 Å². The van der Waals surface area contributed by atoms with E-state index in [1.165, 1.54) is 6.07 Å². The number of carbonyl (C=O) groups excluding carboxylic acids is 2. The number of nitrogens with zero attached hydrogens (tertiary/aromatic N) is 5. The minimum atomic E-state index is -0.405. The summed E-state index contributed by atoms with van der Waals surface area (Å²) in [5.74, 6) is 1.50. The number of nitrogens with one attached hydrogen (secondary N) is 1. The van der Waals surface area contributed by atoms with Crippen molar-refractivity contribution < 1.29 is 14.3 Å². The van der Waals surface area contributed by atoms with Gasteiger partial charge in [-0.3, -0.25) is 14.6 Å². The fourth-order valence-electron chi connectivity index (χ4n) is 5.05. The molecule has 170 valence electrons. The lowest BCUT2D eigenvalue weighted by molar-refractivity contribution is 0.102. The van der Waals surface area contributed by atoms with Crippen molar-refractivity contribution in [3.63, 3.8) is 0 Å². The molecule has 1 saturated carbocycles. The third kappa shape index (κ3) is 3.39. The van der Waals surface area contributed by atoms with Crippen molar-refractivity contribution in [2.24, 2.45) is 13.0 Å². The van der Waals surface area contributed by atoms with Gasteiger partial charge in [0.15, 0.2) is 12.0 Å². The highest BCUT2D eigenvalue weighted by atomic mass is 16.5. The number of aryl methyl sites for hydroxylation is 1. The van der Waals surface area contributed by atoms with Crippen LogP contribution in [0.1, 0.15) is 71.5 Å². The van der Waals surface area contributed by atoms with Crippen LogP contribution in [0.2, 0.25) is 0 Å². The second-order valence-electron chi connectivity index (χ2n) is 9.84. The van der Waals surface area contributed by atoms with Crippen molar-refractivity contribution in [3.05, 3.63) is 59.2 Å². The largest absolute Gasteiger partial charge is 0.490 e. The van der Waals surface area contributed by atoms with Crippen LogP contribution in [0, 0.1) is 5.92 Å². The van der Waals surface area contributed by atoms with Crippen LogP contribution in [-0.4, -0.2) is 43.5 Å². The molecule has 1 fully saturated rings. The van der Waals surface area contributed by atoms with Gasteiger partial charge in [0.2, 0.25) is 0 Å². The van der Waals surface area contributed by atoms with E-state index >= 15 is 0 Å². The van der Waals surface area contributed by atoms with Gasteiger partial charge in [-0.2, -0.15) is 0 Å². The molecule has 0 radical (unpaired) electrons. The van der Waals surface area contributed by atoms with Gasteiger partial charge in [0.25, 0.3) is 5.91 Å². The summed E-state index contributed by atoms with van der Waals surface area (Å²) >= 11 is 0. The molecule has 33 heavy (non-hydrogen) atoms. The predicted molar refractivity (Wildman–Crippen MR) is 121 cm³/mol. The van der Waals surface area contributed by atoms with Crippen molar-refractivity contribution in [1.29, 1.82) is 0 Å². The number of aldehydes is 1. The molecule has 4 heterocycles. The summed E-state index contributed by atoms with van der Waals surface area (Å²) in [6.07, 6.45) is 7.70. The van der Waals surface area contributed by atoms with Crippen molar-refractivity contribution in [2.75, 3.05) is 11.9 Å². The first-order valence-electron chi connectivity index (χ1n) is 11.0. The van der Waals surface area contributed by atoms with E-state index in [4.69, 9.17) is 4.74 Å². The summed E-state index contributed by atoms with van der Waals surface area (Å²) in [7, 11) is 1.94. The van der Waals surface area contributed by atoms with Crippen LogP contribution < -0.4 is 10.1 Å². The number of fused-ring (bicyclic) bond motifs is 1. The van der Waals surface area contributed by atoms with Crippen molar-refractivity contribution >= 4 is 17.9 Å². The van der Waals surface area contributed by atoms with E-state index in [1.807, 2.05) is 37.7 Å². The number of anilines is 1. The van der Waals surface area contributed by atoms with E-state index in [2.05, 4.69) is 32.4 Å². The van der Waals surface area contributed by atoms with Crippen LogP contribution in [0.4, 0.5) is 5.69 Å². The molecular formula is C24H26N6O3.